The molecule has 40 heavy (non-hydrogen) atoms. The zero-order valence-electron chi connectivity index (χ0n) is 23.5. The Hall–Kier alpha value is -4.56. The van der Waals surface area contributed by atoms with E-state index in [1.807, 2.05) is 54.6 Å². The molecule has 196 valence electrons. The Balaban J connectivity index is 1.83. The summed E-state index contributed by atoms with van der Waals surface area (Å²) in [6, 6.07) is 39.5. The molecule has 0 aliphatic carbocycles. The van der Waals surface area contributed by atoms with Gasteiger partial charge in [-0.15, -0.1) is 0 Å². The molecule has 0 aliphatic rings. The fourth-order valence-electron chi connectivity index (χ4n) is 5.75. The summed E-state index contributed by atoms with van der Waals surface area (Å²) in [5.41, 5.74) is 5.53. The van der Waals surface area contributed by atoms with Gasteiger partial charge in [0.05, 0.1) is 5.69 Å². The molecule has 6 aromatic carbocycles. The second-order valence-corrected chi connectivity index (χ2v) is 11.1. The van der Waals surface area contributed by atoms with E-state index in [0.717, 1.165) is 43.7 Å². The Morgan fingerprint density at radius 3 is 1.38 bits per heavy atom. The van der Waals surface area contributed by atoms with Crippen LogP contribution in [0.5, 0.6) is 0 Å². The molecule has 0 spiro atoms. The first-order valence-electron chi connectivity index (χ1n) is 14.1. The maximum atomic E-state index is 14.5. The number of hydrogen-bond donors (Lipinski definition) is 0. The van der Waals surface area contributed by atoms with Gasteiger partial charge in [0.15, 0.2) is 0 Å². The highest BCUT2D eigenvalue weighted by Crippen LogP contribution is 2.39. The Morgan fingerprint density at radius 2 is 0.875 bits per heavy atom. The lowest BCUT2D eigenvalue weighted by Crippen LogP contribution is -2.24. The van der Waals surface area contributed by atoms with Crippen molar-refractivity contribution < 1.29 is 0 Å². The normalized spacial score (nSPS) is 12.2. The molecular formula is C38H33NO. The van der Waals surface area contributed by atoms with Crippen molar-refractivity contribution in [3.8, 4) is 11.1 Å². The number of fused-ring (bicyclic) bond motifs is 5. The Kier molecular flexibility index (Phi) is 6.77. The topological polar surface area (TPSA) is 29.4 Å². The molecule has 0 aromatic heterocycles. The third kappa shape index (κ3) is 4.50. The van der Waals surface area contributed by atoms with Crippen molar-refractivity contribution in [3.63, 3.8) is 0 Å². The smallest absolute Gasteiger partial charge is 0.212 e. The van der Waals surface area contributed by atoms with Crippen molar-refractivity contribution in [1.29, 1.82) is 0 Å². The van der Waals surface area contributed by atoms with Crippen LogP contribution in [0.1, 0.15) is 50.7 Å². The minimum absolute atomic E-state index is 0.0471. The SMILES string of the molecule is CC(C)c1cc(-c2ccccc2)cc(C(C)C)c1N=c1c(=O)c2ccccc2c2ccccc2c2ccccc12. The van der Waals surface area contributed by atoms with E-state index in [2.05, 4.69) is 88.4 Å². The van der Waals surface area contributed by atoms with Gasteiger partial charge in [-0.1, -0.05) is 131 Å². The van der Waals surface area contributed by atoms with Gasteiger partial charge in [0.25, 0.3) is 0 Å². The van der Waals surface area contributed by atoms with Crippen LogP contribution in [0.4, 0.5) is 5.69 Å². The van der Waals surface area contributed by atoms with Gasteiger partial charge in [-0.05, 0) is 67.8 Å². The maximum absolute atomic E-state index is 14.5. The molecule has 2 heteroatoms. The van der Waals surface area contributed by atoms with Crippen LogP contribution in [0.3, 0.4) is 0 Å². The summed E-state index contributed by atoms with van der Waals surface area (Å²) in [5.74, 6) is 0.458. The zero-order valence-corrected chi connectivity index (χ0v) is 23.5. The summed E-state index contributed by atoms with van der Waals surface area (Å²) in [7, 11) is 0. The van der Waals surface area contributed by atoms with Crippen LogP contribution in [0.2, 0.25) is 0 Å². The van der Waals surface area contributed by atoms with Crippen LogP contribution in [-0.2, 0) is 0 Å². The second-order valence-electron chi connectivity index (χ2n) is 11.1. The second kappa shape index (κ2) is 10.5. The van der Waals surface area contributed by atoms with E-state index in [0.29, 0.717) is 10.7 Å². The van der Waals surface area contributed by atoms with Gasteiger partial charge in [-0.2, -0.15) is 0 Å². The molecule has 0 N–H and O–H groups in total. The van der Waals surface area contributed by atoms with E-state index in [-0.39, 0.29) is 17.3 Å². The quantitative estimate of drug-likeness (QED) is 0.228. The summed E-state index contributed by atoms with van der Waals surface area (Å²) >= 11 is 0. The maximum Gasteiger partial charge on any atom is 0.212 e. The van der Waals surface area contributed by atoms with E-state index in [1.165, 1.54) is 11.1 Å². The largest absolute Gasteiger partial charge is 0.287 e. The molecule has 0 fully saturated rings. The minimum atomic E-state index is -0.0471. The van der Waals surface area contributed by atoms with E-state index in [1.54, 1.807) is 0 Å². The van der Waals surface area contributed by atoms with Crippen molar-refractivity contribution in [1.82, 2.24) is 0 Å². The van der Waals surface area contributed by atoms with Gasteiger partial charge in [0.2, 0.25) is 5.43 Å². The van der Waals surface area contributed by atoms with Crippen molar-refractivity contribution >= 4 is 38.0 Å². The van der Waals surface area contributed by atoms with Gasteiger partial charge in [-0.25, -0.2) is 4.99 Å². The molecule has 0 saturated carbocycles. The molecule has 0 amide bonds. The van der Waals surface area contributed by atoms with E-state index >= 15 is 0 Å². The highest BCUT2D eigenvalue weighted by atomic mass is 16.1. The van der Waals surface area contributed by atoms with Crippen LogP contribution < -0.4 is 10.8 Å². The van der Waals surface area contributed by atoms with E-state index in [9.17, 15) is 4.79 Å². The first-order chi connectivity index (χ1) is 19.4. The van der Waals surface area contributed by atoms with E-state index < -0.39 is 0 Å². The van der Waals surface area contributed by atoms with Crippen LogP contribution in [0.25, 0.3) is 43.4 Å². The lowest BCUT2D eigenvalue weighted by Gasteiger charge is -2.19. The van der Waals surface area contributed by atoms with E-state index in [4.69, 9.17) is 4.99 Å². The number of nitrogens with zero attached hydrogens (tertiary/aromatic N) is 1. The monoisotopic (exact) mass is 519 g/mol. The number of hydrogen-bond acceptors (Lipinski definition) is 2. The van der Waals surface area contributed by atoms with Gasteiger partial charge in [0, 0.05) is 10.8 Å². The predicted octanol–water partition coefficient (Wildman–Crippen LogP) is 9.65. The lowest BCUT2D eigenvalue weighted by atomic mass is 9.88. The molecule has 0 atom stereocenters. The molecule has 0 bridgehead atoms. The van der Waals surface area contributed by atoms with Gasteiger partial charge in [-0.3, -0.25) is 4.79 Å². The first-order valence-corrected chi connectivity index (χ1v) is 14.1. The summed E-state index contributed by atoms with van der Waals surface area (Å²) in [6.07, 6.45) is 0. The molecule has 6 aromatic rings. The molecule has 0 unspecified atom stereocenters. The average molecular weight is 520 g/mol. The number of benzene rings is 5. The first kappa shape index (κ1) is 25.7. The molecule has 0 saturated heterocycles. The van der Waals surface area contributed by atoms with Gasteiger partial charge >= 0.3 is 0 Å². The van der Waals surface area contributed by atoms with Crippen molar-refractivity contribution in [2.45, 2.75) is 39.5 Å². The molecule has 0 heterocycles. The van der Waals surface area contributed by atoms with Gasteiger partial charge in [0.1, 0.15) is 5.36 Å². The Labute approximate surface area is 235 Å². The van der Waals surface area contributed by atoms with Crippen molar-refractivity contribution in [3.05, 3.63) is 142 Å². The highest BCUT2D eigenvalue weighted by molar-refractivity contribution is 6.14. The number of rotatable bonds is 4. The summed E-state index contributed by atoms with van der Waals surface area (Å²) in [6.45, 7) is 8.82. The molecule has 0 aliphatic heterocycles. The molecule has 0 radical (unpaired) electrons. The van der Waals surface area contributed by atoms with Gasteiger partial charge < -0.3 is 0 Å². The van der Waals surface area contributed by atoms with Crippen LogP contribution in [-0.4, -0.2) is 0 Å². The van der Waals surface area contributed by atoms with Crippen LogP contribution in [0.15, 0.2) is 125 Å². The summed E-state index contributed by atoms with van der Waals surface area (Å²) < 4.78 is 0. The average Bonchev–Trinajstić information content (AvgIpc) is 2.99. The summed E-state index contributed by atoms with van der Waals surface area (Å²) in [5, 5.41) is 6.19. The van der Waals surface area contributed by atoms with Crippen LogP contribution >= 0.6 is 0 Å². The fourth-order valence-corrected chi connectivity index (χ4v) is 5.75. The van der Waals surface area contributed by atoms with Crippen molar-refractivity contribution in [2.24, 2.45) is 4.99 Å². The Bertz CT molecular complexity index is 1990. The summed E-state index contributed by atoms with van der Waals surface area (Å²) in [4.78, 5) is 19.8. The standard InChI is InChI=1S/C38H33NO/c1-24(2)34-22-27(26-14-6-5-7-15-26)23-35(25(3)4)36(34)39-37-32-20-12-10-18-30(32)28-16-8-9-17-29(28)31-19-11-13-21-33(31)38(37)40/h5-25H,1-4H3. The van der Waals surface area contributed by atoms with Crippen molar-refractivity contribution in [2.75, 3.05) is 0 Å². The predicted molar refractivity (Wildman–Crippen MR) is 171 cm³/mol. The zero-order chi connectivity index (χ0) is 27.8. The Morgan fingerprint density at radius 1 is 0.475 bits per heavy atom. The molecule has 6 rings (SSSR count). The molecule has 2 nitrogen and oxygen atoms in total. The van der Waals surface area contributed by atoms with Crippen LogP contribution in [0, 0.1) is 0 Å². The third-order valence-electron chi connectivity index (χ3n) is 7.82. The third-order valence-corrected chi connectivity index (χ3v) is 7.82. The molecular weight excluding hydrogens is 486 g/mol. The fraction of sp³-hybridized carbons (Fsp3) is 0.158. The minimum Gasteiger partial charge on any atom is -0.287 e. The highest BCUT2D eigenvalue weighted by Gasteiger charge is 2.17. The lowest BCUT2D eigenvalue weighted by molar-refractivity contribution is 0.833.